The van der Waals surface area contributed by atoms with Crippen molar-refractivity contribution in [2.24, 2.45) is 82.2 Å². The highest BCUT2D eigenvalue weighted by Crippen LogP contribution is 2.49. The standard InChI is InChI=1S/2C20H26N2O3.2C18H23N3O2.C17H23N3O2/c1-14-20(2,16-9-5-4-6-10-16)19(24)22(21-14)13-18(23)15-8-7-11-17(12-15)25-3;1-14-20(2,16-7-5-4-6-8-16)19(24)22(21-14)13-18(23)15-9-11-17(25-3)12-10-15;1-13-18(2,14-8-4-3-5-9-14)17(23)21(20-13)12-16(22)15-10-6-7-11-19-15;1-13-18(2,15-6-4-3-5-7-15)17(23)21(20-13)12-16(22)14-8-10-19-11-9-14;1-12-17(2,14-6-4-3-5-7-14)16(22)20(19-12)11-15(21)13-8-9-18-10-13/h7-8,11-12,16H,4-6,9-10,13H2,1-3H3;9-12,16H,4-8,13H2,1-3H3;6-7,10-11,14H,3-5,8-9,12H2,1-2H3;8-11,15H,3-7,12H2,1-2H3;8-10,14,18H,3-7,11H2,1-2H3. The van der Waals surface area contributed by atoms with Gasteiger partial charge in [0.2, 0.25) is 5.78 Å². The number of amides is 5. The van der Waals surface area contributed by atoms with E-state index in [-0.39, 0.29) is 91.2 Å². The van der Waals surface area contributed by atoms with Gasteiger partial charge in [0.05, 0.1) is 69.9 Å². The summed E-state index contributed by atoms with van der Waals surface area (Å²) in [5.41, 5.74) is 4.09. The number of ether oxygens (including phenoxy) is 2. The lowest BCUT2D eigenvalue weighted by Crippen LogP contribution is -2.44. The van der Waals surface area contributed by atoms with E-state index in [4.69, 9.17) is 9.47 Å². The van der Waals surface area contributed by atoms with E-state index in [9.17, 15) is 47.9 Å². The van der Waals surface area contributed by atoms with Crippen LogP contribution in [0.3, 0.4) is 0 Å². The first-order chi connectivity index (χ1) is 56.5. The van der Waals surface area contributed by atoms with Gasteiger partial charge in [-0.05, 0) is 230 Å². The van der Waals surface area contributed by atoms with Gasteiger partial charge in [-0.1, -0.05) is 115 Å². The molecule has 8 heterocycles. The molecule has 25 heteroatoms. The number of aromatic amines is 1. The number of H-pyrrole nitrogens is 1. The van der Waals surface area contributed by atoms with Crippen LogP contribution in [0, 0.1) is 56.7 Å². The molecule has 1 N–H and O–H groups in total. The van der Waals surface area contributed by atoms with Crippen LogP contribution in [-0.2, 0) is 24.0 Å². The van der Waals surface area contributed by atoms with Gasteiger partial charge in [0, 0.05) is 53.2 Å². The van der Waals surface area contributed by atoms with E-state index >= 15 is 0 Å². The molecule has 15 rings (SSSR count). The zero-order chi connectivity index (χ0) is 84.7. The van der Waals surface area contributed by atoms with Crippen molar-refractivity contribution < 1.29 is 57.4 Å². The number of Topliss-reactive ketones (excluding diaryl/α,β-unsaturated/α-hetero) is 5. The van der Waals surface area contributed by atoms with Crippen LogP contribution in [0.1, 0.15) is 282 Å². The van der Waals surface area contributed by atoms with Crippen molar-refractivity contribution >= 4 is 87.0 Å². The predicted molar refractivity (Wildman–Crippen MR) is 454 cm³/mol. The van der Waals surface area contributed by atoms with Gasteiger partial charge in [0.15, 0.2) is 23.1 Å². The van der Waals surface area contributed by atoms with Gasteiger partial charge in [-0.2, -0.15) is 25.5 Å². The lowest BCUT2D eigenvalue weighted by molar-refractivity contribution is -0.138. The van der Waals surface area contributed by atoms with Crippen LogP contribution in [0.15, 0.2) is 141 Å². The Morgan fingerprint density at radius 1 is 0.347 bits per heavy atom. The summed E-state index contributed by atoms with van der Waals surface area (Å²) in [5, 5.41) is 29.0. The van der Waals surface area contributed by atoms with Gasteiger partial charge in [-0.15, -0.1) is 0 Å². The second kappa shape index (κ2) is 39.0. The van der Waals surface area contributed by atoms with Crippen molar-refractivity contribution in [2.45, 2.75) is 230 Å². The number of nitrogens with one attached hydrogen (secondary N) is 1. The number of aromatic nitrogens is 3. The van der Waals surface area contributed by atoms with Crippen molar-refractivity contribution in [2.75, 3.05) is 46.9 Å². The molecule has 118 heavy (non-hydrogen) atoms. The van der Waals surface area contributed by atoms with Crippen LogP contribution < -0.4 is 9.47 Å². The van der Waals surface area contributed by atoms with Gasteiger partial charge in [0.25, 0.3) is 29.5 Å². The van der Waals surface area contributed by atoms with Crippen molar-refractivity contribution in [1.82, 2.24) is 40.0 Å². The molecule has 5 saturated carbocycles. The van der Waals surface area contributed by atoms with E-state index in [0.717, 1.165) is 92.8 Å². The molecule has 0 spiro atoms. The second-order valence-electron chi connectivity index (χ2n) is 34.6. The summed E-state index contributed by atoms with van der Waals surface area (Å²) in [5.74, 6) is 2.28. The Labute approximate surface area is 695 Å². The third-order valence-electron chi connectivity index (χ3n) is 27.8. The zero-order valence-corrected chi connectivity index (χ0v) is 71.3. The predicted octanol–water partition coefficient (Wildman–Crippen LogP) is 16.5. The van der Waals surface area contributed by atoms with Gasteiger partial charge in [-0.25, -0.2) is 25.0 Å². The molecule has 5 aliphatic heterocycles. The molecule has 5 aromatic rings. The summed E-state index contributed by atoms with van der Waals surface area (Å²) in [7, 11) is 3.15. The Hall–Kier alpha value is -10.3. The van der Waals surface area contributed by atoms with Crippen LogP contribution in [0.4, 0.5) is 0 Å². The number of hydrazone groups is 5. The third kappa shape index (κ3) is 19.0. The quantitative estimate of drug-likeness (QED) is 0.0630. The number of benzene rings is 2. The molecule has 10 aliphatic rings. The van der Waals surface area contributed by atoms with E-state index < -0.39 is 27.1 Å². The fourth-order valence-electron chi connectivity index (χ4n) is 19.3. The van der Waals surface area contributed by atoms with Crippen LogP contribution in [0.5, 0.6) is 11.5 Å². The van der Waals surface area contributed by atoms with Crippen LogP contribution in [-0.4, -0.2) is 174 Å². The Bertz CT molecular complexity index is 4490. The molecule has 0 saturated heterocycles. The summed E-state index contributed by atoms with van der Waals surface area (Å²) >= 11 is 0. The fraction of sp³-hybridized carbons (Fsp3) is 0.559. The molecular weight excluding hydrogens is 1490 g/mol. The maximum atomic E-state index is 13.1. The average Bonchev–Trinajstić information content (AvgIpc) is 1.64. The molecule has 3 aromatic heterocycles. The molecule has 2 aromatic carbocycles. The number of ketones is 5. The topological polar surface area (TPSA) is 309 Å². The van der Waals surface area contributed by atoms with Crippen LogP contribution in [0.25, 0.3) is 0 Å². The number of carbonyl (C=O) groups excluding carboxylic acids is 10. The van der Waals surface area contributed by atoms with Crippen molar-refractivity contribution in [3.8, 4) is 11.5 Å². The SMILES string of the molecule is CC1=NN(CC(=O)c2cc[nH]c2)C(=O)C1(C)C1CCCCC1.CC1=NN(CC(=O)c2ccccn2)C(=O)C1(C)C1CCCCC1.CC1=NN(CC(=O)c2ccncc2)C(=O)C1(C)C1CCCCC1.COc1ccc(C(=O)CN2N=C(C)C(C)(C3CCCCC3)C2=O)cc1.COc1cccc(C(=O)CN2N=C(C)C(C)(C3CCCCC3)C2=O)c1. The van der Waals surface area contributed by atoms with Crippen LogP contribution >= 0.6 is 0 Å². The Balaban J connectivity index is 0.000000145. The minimum absolute atomic E-state index is 0.00248. The highest BCUT2D eigenvalue weighted by atomic mass is 16.5. The zero-order valence-electron chi connectivity index (χ0n) is 71.3. The van der Waals surface area contributed by atoms with E-state index in [0.29, 0.717) is 69.0 Å². The Morgan fingerprint density at radius 2 is 0.661 bits per heavy atom. The molecule has 5 unspecified atom stereocenters. The Kier molecular flexibility index (Phi) is 29.3. The molecular formula is C93H121N13O12. The molecule has 5 amide bonds. The number of pyridine rings is 2. The molecule has 630 valence electrons. The first kappa shape index (κ1) is 88.5. The van der Waals surface area contributed by atoms with E-state index in [2.05, 4.69) is 40.5 Å². The number of methoxy groups -OCH3 is 2. The van der Waals surface area contributed by atoms with Crippen molar-refractivity contribution in [3.63, 3.8) is 0 Å². The minimum Gasteiger partial charge on any atom is -0.497 e. The summed E-state index contributed by atoms with van der Waals surface area (Å²) in [6, 6.07) is 24.2. The molecule has 5 atom stereocenters. The van der Waals surface area contributed by atoms with Gasteiger partial charge >= 0.3 is 0 Å². The highest BCUT2D eigenvalue weighted by Gasteiger charge is 2.56. The molecule has 5 fully saturated rings. The summed E-state index contributed by atoms with van der Waals surface area (Å²) in [6.07, 6.45) is 36.8. The maximum absolute atomic E-state index is 13.1. The first-order valence-electron chi connectivity index (χ1n) is 42.8. The monoisotopic (exact) mass is 1610 g/mol. The number of hydrogen-bond acceptors (Lipinski definition) is 19. The number of nitrogens with zero attached hydrogens (tertiary/aromatic N) is 12. The normalized spacial score (nSPS) is 25.2. The third-order valence-corrected chi connectivity index (χ3v) is 27.8. The second-order valence-corrected chi connectivity index (χ2v) is 34.6. The van der Waals surface area contributed by atoms with Crippen molar-refractivity contribution in [1.29, 1.82) is 0 Å². The molecule has 0 radical (unpaired) electrons. The van der Waals surface area contributed by atoms with Gasteiger partial charge in [-0.3, -0.25) is 57.9 Å². The molecule has 5 aliphatic carbocycles. The molecule has 0 bridgehead atoms. The summed E-state index contributed by atoms with van der Waals surface area (Å²) in [6.45, 7) is 19.6. The summed E-state index contributed by atoms with van der Waals surface area (Å²) < 4.78 is 10.3. The average molecular weight is 1610 g/mol. The van der Waals surface area contributed by atoms with Crippen LogP contribution in [0.2, 0.25) is 0 Å². The maximum Gasteiger partial charge on any atom is 0.255 e. The number of rotatable bonds is 22. The molecule has 25 nitrogen and oxygen atoms in total. The summed E-state index contributed by atoms with van der Waals surface area (Å²) in [4.78, 5) is 138. The number of hydrogen-bond donors (Lipinski definition) is 1. The lowest BCUT2D eigenvalue weighted by Gasteiger charge is -2.35. The van der Waals surface area contributed by atoms with Crippen molar-refractivity contribution in [3.05, 3.63) is 144 Å². The van der Waals surface area contributed by atoms with E-state index in [1.165, 1.54) is 121 Å². The lowest BCUT2D eigenvalue weighted by atomic mass is 9.67. The highest BCUT2D eigenvalue weighted by molar-refractivity contribution is 6.16. The Morgan fingerprint density at radius 3 is 0.966 bits per heavy atom. The number of carbonyl (C=O) groups is 10. The van der Waals surface area contributed by atoms with Gasteiger partial charge in [0.1, 0.15) is 49.9 Å². The van der Waals surface area contributed by atoms with Gasteiger partial charge < -0.3 is 14.5 Å². The van der Waals surface area contributed by atoms with E-state index in [1.54, 1.807) is 130 Å². The first-order valence-corrected chi connectivity index (χ1v) is 42.8. The fourth-order valence-corrected chi connectivity index (χ4v) is 19.3. The largest absolute Gasteiger partial charge is 0.497 e. The minimum atomic E-state index is -0.560. The smallest absolute Gasteiger partial charge is 0.255 e. The van der Waals surface area contributed by atoms with E-state index in [1.807, 2.05) is 69.2 Å².